The summed E-state index contributed by atoms with van der Waals surface area (Å²) in [7, 11) is 0. The second kappa shape index (κ2) is 5.95. The van der Waals surface area contributed by atoms with Gasteiger partial charge in [0.25, 0.3) is 0 Å². The van der Waals surface area contributed by atoms with Crippen LogP contribution in [-0.4, -0.2) is 11.5 Å². The molecule has 5 heteroatoms. The second-order valence-corrected chi connectivity index (χ2v) is 4.06. The lowest BCUT2D eigenvalue weighted by Crippen LogP contribution is -2.07. The zero-order valence-electron chi connectivity index (χ0n) is 10.2. The van der Waals surface area contributed by atoms with E-state index in [1.807, 2.05) is 30.3 Å². The smallest absolute Gasteiger partial charge is 0.327 e. The summed E-state index contributed by atoms with van der Waals surface area (Å²) in [4.78, 5) is 10.1. The van der Waals surface area contributed by atoms with Crippen LogP contribution in [0.4, 0.5) is 15.8 Å². The van der Waals surface area contributed by atoms with Gasteiger partial charge in [0.2, 0.25) is 5.82 Å². The molecule has 0 fully saturated rings. The number of nitrogens with one attached hydrogen (secondary N) is 1. The highest BCUT2D eigenvalue weighted by Gasteiger charge is 2.19. The van der Waals surface area contributed by atoms with Crippen molar-refractivity contribution in [3.05, 3.63) is 70.0 Å². The normalized spacial score (nSPS) is 10.2. The number of nitro groups is 1. The summed E-state index contributed by atoms with van der Waals surface area (Å²) >= 11 is 0. The lowest BCUT2D eigenvalue weighted by Gasteiger charge is -2.07. The van der Waals surface area contributed by atoms with Crippen molar-refractivity contribution in [2.45, 2.75) is 6.42 Å². The lowest BCUT2D eigenvalue weighted by molar-refractivity contribution is -0.386. The van der Waals surface area contributed by atoms with E-state index in [4.69, 9.17) is 0 Å². The van der Waals surface area contributed by atoms with Gasteiger partial charge < -0.3 is 5.32 Å². The maximum atomic E-state index is 13.4. The Morgan fingerprint density at radius 2 is 1.84 bits per heavy atom. The van der Waals surface area contributed by atoms with Gasteiger partial charge in [-0.05, 0) is 24.1 Å². The van der Waals surface area contributed by atoms with Crippen molar-refractivity contribution in [1.82, 2.24) is 0 Å². The van der Waals surface area contributed by atoms with Gasteiger partial charge in [-0.2, -0.15) is 4.39 Å². The van der Waals surface area contributed by atoms with E-state index in [0.29, 0.717) is 13.0 Å². The van der Waals surface area contributed by atoms with E-state index in [-0.39, 0.29) is 5.69 Å². The molecule has 2 aromatic carbocycles. The molecule has 0 amide bonds. The SMILES string of the molecule is O=[N+]([O-])c1c(F)cccc1NCCc1ccccc1. The van der Waals surface area contributed by atoms with Crippen molar-refractivity contribution in [3.63, 3.8) is 0 Å². The van der Waals surface area contributed by atoms with E-state index in [9.17, 15) is 14.5 Å². The molecule has 0 atom stereocenters. The number of hydrogen-bond donors (Lipinski definition) is 1. The predicted molar refractivity (Wildman–Crippen MR) is 71.7 cm³/mol. The second-order valence-electron chi connectivity index (χ2n) is 4.06. The maximum Gasteiger partial charge on any atom is 0.327 e. The van der Waals surface area contributed by atoms with E-state index in [1.54, 1.807) is 0 Å². The van der Waals surface area contributed by atoms with E-state index in [0.717, 1.165) is 11.6 Å². The summed E-state index contributed by atoms with van der Waals surface area (Å²) in [5.74, 6) is -0.824. The molecule has 0 aliphatic rings. The van der Waals surface area contributed by atoms with Crippen molar-refractivity contribution < 1.29 is 9.31 Å². The molecule has 0 heterocycles. The fraction of sp³-hybridized carbons (Fsp3) is 0.143. The zero-order valence-corrected chi connectivity index (χ0v) is 10.2. The number of hydrogen-bond acceptors (Lipinski definition) is 3. The number of para-hydroxylation sites is 1. The van der Waals surface area contributed by atoms with Crippen molar-refractivity contribution in [3.8, 4) is 0 Å². The topological polar surface area (TPSA) is 55.2 Å². The third-order valence-corrected chi connectivity index (χ3v) is 2.74. The van der Waals surface area contributed by atoms with Crippen LogP contribution in [0.2, 0.25) is 0 Å². The van der Waals surface area contributed by atoms with Gasteiger partial charge in [0, 0.05) is 6.54 Å². The minimum Gasteiger partial charge on any atom is -0.379 e. The van der Waals surface area contributed by atoms with Gasteiger partial charge in [-0.3, -0.25) is 10.1 Å². The molecule has 2 aromatic rings. The Balaban J connectivity index is 2.04. The van der Waals surface area contributed by atoms with Crippen LogP contribution in [0.5, 0.6) is 0 Å². The molecule has 0 aliphatic carbocycles. The molecule has 4 nitrogen and oxygen atoms in total. The summed E-state index contributed by atoms with van der Waals surface area (Å²) in [5, 5.41) is 13.7. The van der Waals surface area contributed by atoms with Crippen LogP contribution >= 0.6 is 0 Å². The summed E-state index contributed by atoms with van der Waals surface area (Å²) in [6.07, 6.45) is 0.717. The summed E-state index contributed by atoms with van der Waals surface area (Å²) in [6.45, 7) is 0.508. The van der Waals surface area contributed by atoms with Crippen LogP contribution < -0.4 is 5.32 Å². The highest BCUT2D eigenvalue weighted by molar-refractivity contribution is 5.61. The van der Waals surface area contributed by atoms with E-state index < -0.39 is 16.4 Å². The third-order valence-electron chi connectivity index (χ3n) is 2.74. The van der Waals surface area contributed by atoms with E-state index in [1.165, 1.54) is 12.1 Å². The molecule has 0 aliphatic heterocycles. The third kappa shape index (κ3) is 3.28. The number of benzene rings is 2. The minimum atomic E-state index is -0.824. The standard InChI is InChI=1S/C14H13FN2O2/c15-12-7-4-8-13(14(12)17(18)19)16-10-9-11-5-2-1-3-6-11/h1-8,16H,9-10H2. The first-order chi connectivity index (χ1) is 9.18. The first kappa shape index (κ1) is 13.0. The number of nitro benzene ring substituents is 1. The van der Waals surface area contributed by atoms with Gasteiger partial charge in [0.05, 0.1) is 4.92 Å². The molecular formula is C14H13FN2O2. The monoisotopic (exact) mass is 260 g/mol. The van der Waals surface area contributed by atoms with Crippen LogP contribution in [0.3, 0.4) is 0 Å². The fourth-order valence-electron chi connectivity index (χ4n) is 1.83. The number of anilines is 1. The van der Waals surface area contributed by atoms with Gasteiger partial charge in [0.1, 0.15) is 5.69 Å². The molecule has 0 saturated carbocycles. The lowest BCUT2D eigenvalue weighted by atomic mass is 10.1. The van der Waals surface area contributed by atoms with Crippen molar-refractivity contribution in [2.24, 2.45) is 0 Å². The average molecular weight is 260 g/mol. The van der Waals surface area contributed by atoms with Crippen LogP contribution in [0.25, 0.3) is 0 Å². The molecular weight excluding hydrogens is 247 g/mol. The van der Waals surface area contributed by atoms with Crippen LogP contribution in [0.1, 0.15) is 5.56 Å². The molecule has 1 N–H and O–H groups in total. The first-order valence-electron chi connectivity index (χ1n) is 5.89. The molecule has 0 radical (unpaired) electrons. The first-order valence-corrected chi connectivity index (χ1v) is 5.89. The number of rotatable bonds is 5. The largest absolute Gasteiger partial charge is 0.379 e. The van der Waals surface area contributed by atoms with Crippen molar-refractivity contribution in [2.75, 3.05) is 11.9 Å². The molecule has 19 heavy (non-hydrogen) atoms. The molecule has 2 rings (SSSR count). The van der Waals surface area contributed by atoms with Crippen molar-refractivity contribution >= 4 is 11.4 Å². The van der Waals surface area contributed by atoms with E-state index in [2.05, 4.69) is 5.32 Å². The minimum absolute atomic E-state index is 0.209. The number of nitrogens with zero attached hydrogens (tertiary/aromatic N) is 1. The van der Waals surface area contributed by atoms with Crippen molar-refractivity contribution in [1.29, 1.82) is 0 Å². The zero-order chi connectivity index (χ0) is 13.7. The Morgan fingerprint density at radius 1 is 1.11 bits per heavy atom. The molecule has 0 aromatic heterocycles. The Labute approximate surface area is 110 Å². The van der Waals surface area contributed by atoms with Crippen LogP contribution in [0, 0.1) is 15.9 Å². The van der Waals surface area contributed by atoms with Gasteiger partial charge in [0.15, 0.2) is 0 Å². The Hall–Kier alpha value is -2.43. The average Bonchev–Trinajstić information content (AvgIpc) is 2.39. The molecule has 98 valence electrons. The molecule has 0 bridgehead atoms. The summed E-state index contributed by atoms with van der Waals surface area (Å²) in [6, 6.07) is 13.8. The highest BCUT2D eigenvalue weighted by atomic mass is 19.1. The highest BCUT2D eigenvalue weighted by Crippen LogP contribution is 2.26. The van der Waals surface area contributed by atoms with Gasteiger partial charge in [-0.15, -0.1) is 0 Å². The van der Waals surface area contributed by atoms with Crippen LogP contribution in [-0.2, 0) is 6.42 Å². The van der Waals surface area contributed by atoms with Gasteiger partial charge in [-0.25, -0.2) is 0 Å². The number of halogens is 1. The molecule has 0 unspecified atom stereocenters. The summed E-state index contributed by atoms with van der Waals surface area (Å²) in [5.41, 5.74) is 0.825. The van der Waals surface area contributed by atoms with Crippen LogP contribution in [0.15, 0.2) is 48.5 Å². The fourth-order valence-corrected chi connectivity index (χ4v) is 1.83. The Bertz CT molecular complexity index is 573. The van der Waals surface area contributed by atoms with Gasteiger partial charge in [-0.1, -0.05) is 36.4 Å². The Kier molecular flexibility index (Phi) is 4.07. The Morgan fingerprint density at radius 3 is 2.53 bits per heavy atom. The molecule has 0 spiro atoms. The quantitative estimate of drug-likeness (QED) is 0.662. The molecule has 0 saturated heterocycles. The van der Waals surface area contributed by atoms with E-state index >= 15 is 0 Å². The van der Waals surface area contributed by atoms with Gasteiger partial charge >= 0.3 is 5.69 Å². The predicted octanol–water partition coefficient (Wildman–Crippen LogP) is 3.39. The summed E-state index contributed by atoms with van der Waals surface area (Å²) < 4.78 is 13.4. The maximum absolute atomic E-state index is 13.4.